The van der Waals surface area contributed by atoms with Gasteiger partial charge in [0.1, 0.15) is 5.69 Å². The van der Waals surface area contributed by atoms with Crippen LogP contribution in [0.2, 0.25) is 0 Å². The first-order chi connectivity index (χ1) is 6.02. The minimum Gasteiger partial charge on any atom is -0.478 e. The molecule has 0 aliphatic heterocycles. The summed E-state index contributed by atoms with van der Waals surface area (Å²) >= 11 is 2.99. The van der Waals surface area contributed by atoms with Crippen LogP contribution in [0.5, 0.6) is 0 Å². The van der Waals surface area contributed by atoms with Crippen molar-refractivity contribution in [1.29, 1.82) is 0 Å². The van der Waals surface area contributed by atoms with Gasteiger partial charge in [0, 0.05) is 10.7 Å². The average molecular weight is 245 g/mol. The zero-order chi connectivity index (χ0) is 10.0. The van der Waals surface area contributed by atoms with Crippen molar-refractivity contribution in [3.05, 3.63) is 28.0 Å². The van der Waals surface area contributed by atoms with Gasteiger partial charge in [-0.25, -0.2) is 4.79 Å². The number of carboxylic acids is 1. The number of carboxylic acid groups (broad SMARTS) is 1. The molecule has 0 spiro atoms. The number of aromatic nitrogens is 1. The summed E-state index contributed by atoms with van der Waals surface area (Å²) in [6, 6.07) is 1.27. The maximum atomic E-state index is 10.6. The molecule has 0 aliphatic rings. The molecule has 1 aromatic heterocycles. The Labute approximate surface area is 81.7 Å². The Morgan fingerprint density at radius 1 is 1.54 bits per heavy atom. The number of primary amides is 1. The van der Waals surface area contributed by atoms with Crippen LogP contribution in [0.1, 0.15) is 20.8 Å². The summed E-state index contributed by atoms with van der Waals surface area (Å²) in [6.45, 7) is 0. The fraction of sp³-hybridized carbons (Fsp3) is 0. The molecule has 0 aromatic carbocycles. The van der Waals surface area contributed by atoms with E-state index in [0.717, 1.165) is 6.20 Å². The van der Waals surface area contributed by atoms with Crippen LogP contribution < -0.4 is 5.73 Å². The first-order valence-corrected chi connectivity index (χ1v) is 4.00. The number of carbonyl (C=O) groups is 2. The van der Waals surface area contributed by atoms with Gasteiger partial charge in [0.2, 0.25) is 0 Å². The second kappa shape index (κ2) is 3.53. The zero-order valence-corrected chi connectivity index (χ0v) is 7.91. The van der Waals surface area contributed by atoms with Crippen molar-refractivity contribution in [3.63, 3.8) is 0 Å². The number of nitrogens with zero attached hydrogens (tertiary/aromatic N) is 1. The van der Waals surface area contributed by atoms with Gasteiger partial charge in [-0.05, 0) is 22.0 Å². The van der Waals surface area contributed by atoms with E-state index in [0.29, 0.717) is 0 Å². The van der Waals surface area contributed by atoms with E-state index in [4.69, 9.17) is 10.8 Å². The van der Waals surface area contributed by atoms with Crippen LogP contribution in [-0.2, 0) is 0 Å². The number of carbonyl (C=O) groups excluding carboxylic acids is 1. The smallest absolute Gasteiger partial charge is 0.338 e. The Bertz CT molecular complexity index is 378. The van der Waals surface area contributed by atoms with E-state index < -0.39 is 11.9 Å². The predicted molar refractivity (Wildman–Crippen MR) is 47.4 cm³/mol. The molecule has 0 saturated heterocycles. The van der Waals surface area contributed by atoms with Crippen LogP contribution in [0.3, 0.4) is 0 Å². The van der Waals surface area contributed by atoms with E-state index in [9.17, 15) is 9.59 Å². The van der Waals surface area contributed by atoms with Gasteiger partial charge in [-0.1, -0.05) is 0 Å². The van der Waals surface area contributed by atoms with E-state index in [2.05, 4.69) is 20.9 Å². The summed E-state index contributed by atoms with van der Waals surface area (Å²) in [5, 5.41) is 8.61. The molecule has 68 valence electrons. The van der Waals surface area contributed by atoms with Gasteiger partial charge in [-0.2, -0.15) is 0 Å². The Hall–Kier alpha value is -1.43. The van der Waals surface area contributed by atoms with Crippen molar-refractivity contribution in [2.75, 3.05) is 0 Å². The number of amides is 1. The predicted octanol–water partition coefficient (Wildman–Crippen LogP) is 0.641. The van der Waals surface area contributed by atoms with E-state index in [1.54, 1.807) is 0 Å². The number of hydrogen-bond donors (Lipinski definition) is 2. The summed E-state index contributed by atoms with van der Waals surface area (Å²) in [5.74, 6) is -1.81. The molecule has 3 N–H and O–H groups in total. The molecule has 0 fully saturated rings. The molecule has 1 heterocycles. The monoisotopic (exact) mass is 244 g/mol. The third kappa shape index (κ3) is 2.03. The van der Waals surface area contributed by atoms with E-state index in [-0.39, 0.29) is 15.7 Å². The third-order valence-corrected chi connectivity index (χ3v) is 1.99. The highest BCUT2D eigenvalue weighted by Gasteiger charge is 2.11. The SMILES string of the molecule is NC(=O)c1cc(Br)c(C(=O)O)cn1. The van der Waals surface area contributed by atoms with Gasteiger partial charge in [-0.3, -0.25) is 9.78 Å². The van der Waals surface area contributed by atoms with Crippen molar-refractivity contribution in [2.45, 2.75) is 0 Å². The summed E-state index contributed by atoms with van der Waals surface area (Å²) in [4.78, 5) is 24.7. The minimum absolute atomic E-state index is 0.00926. The quantitative estimate of drug-likeness (QED) is 0.799. The summed E-state index contributed by atoms with van der Waals surface area (Å²) in [6.07, 6.45) is 1.08. The fourth-order valence-corrected chi connectivity index (χ4v) is 1.21. The largest absolute Gasteiger partial charge is 0.478 e. The summed E-state index contributed by atoms with van der Waals surface area (Å²) in [7, 11) is 0. The first kappa shape index (κ1) is 9.66. The van der Waals surface area contributed by atoms with E-state index >= 15 is 0 Å². The number of pyridine rings is 1. The van der Waals surface area contributed by atoms with Gasteiger partial charge >= 0.3 is 5.97 Å². The summed E-state index contributed by atoms with van der Waals surface area (Å²) in [5.41, 5.74) is 4.95. The Morgan fingerprint density at radius 3 is 2.54 bits per heavy atom. The Morgan fingerprint density at radius 2 is 2.15 bits per heavy atom. The van der Waals surface area contributed by atoms with Crippen LogP contribution in [0.15, 0.2) is 16.7 Å². The topological polar surface area (TPSA) is 93.3 Å². The highest BCUT2D eigenvalue weighted by molar-refractivity contribution is 9.10. The van der Waals surface area contributed by atoms with Gasteiger partial charge in [0.15, 0.2) is 0 Å². The van der Waals surface area contributed by atoms with Crippen molar-refractivity contribution in [3.8, 4) is 0 Å². The second-order valence-electron chi connectivity index (χ2n) is 2.22. The molecule has 0 radical (unpaired) electrons. The normalized spacial score (nSPS) is 9.62. The highest BCUT2D eigenvalue weighted by atomic mass is 79.9. The molecule has 0 saturated carbocycles. The molecular formula is C7H5BrN2O3. The van der Waals surface area contributed by atoms with Crippen LogP contribution in [0, 0.1) is 0 Å². The van der Waals surface area contributed by atoms with Gasteiger partial charge in [0.25, 0.3) is 5.91 Å². The van der Waals surface area contributed by atoms with Gasteiger partial charge in [0.05, 0.1) is 5.56 Å². The molecule has 6 heteroatoms. The Balaban J connectivity index is 3.20. The number of aromatic carboxylic acids is 1. The highest BCUT2D eigenvalue weighted by Crippen LogP contribution is 2.16. The second-order valence-corrected chi connectivity index (χ2v) is 3.07. The third-order valence-electron chi connectivity index (χ3n) is 1.34. The maximum absolute atomic E-state index is 10.6. The van der Waals surface area contributed by atoms with Gasteiger partial charge in [-0.15, -0.1) is 0 Å². The van der Waals surface area contributed by atoms with Crippen molar-refractivity contribution in [2.24, 2.45) is 5.73 Å². The molecule has 0 unspecified atom stereocenters. The number of hydrogen-bond acceptors (Lipinski definition) is 3. The maximum Gasteiger partial charge on any atom is 0.338 e. The molecule has 1 rings (SSSR count). The lowest BCUT2D eigenvalue weighted by molar-refractivity contribution is 0.0694. The van der Waals surface area contributed by atoms with E-state index in [1.807, 2.05) is 0 Å². The van der Waals surface area contributed by atoms with Crippen LogP contribution in [0.25, 0.3) is 0 Å². The summed E-state index contributed by atoms with van der Waals surface area (Å²) < 4.78 is 0.281. The first-order valence-electron chi connectivity index (χ1n) is 3.21. The molecule has 5 nitrogen and oxygen atoms in total. The van der Waals surface area contributed by atoms with Crippen molar-refractivity contribution in [1.82, 2.24) is 4.98 Å². The van der Waals surface area contributed by atoms with Crippen molar-refractivity contribution < 1.29 is 14.7 Å². The fourth-order valence-electron chi connectivity index (χ4n) is 0.723. The zero-order valence-electron chi connectivity index (χ0n) is 6.32. The molecule has 0 bridgehead atoms. The molecule has 1 aromatic rings. The molecule has 13 heavy (non-hydrogen) atoms. The standard InChI is InChI=1S/C7H5BrN2O3/c8-4-1-5(6(9)11)10-2-3(4)7(12)13/h1-2H,(H2,9,11)(H,12,13). The molecule has 0 atom stereocenters. The van der Waals surface area contributed by atoms with Crippen LogP contribution in [0.4, 0.5) is 0 Å². The average Bonchev–Trinajstić information content (AvgIpc) is 2.03. The molecular weight excluding hydrogens is 240 g/mol. The van der Waals surface area contributed by atoms with Crippen LogP contribution in [-0.4, -0.2) is 22.0 Å². The number of rotatable bonds is 2. The minimum atomic E-state index is -1.12. The number of nitrogens with two attached hydrogens (primary N) is 1. The lowest BCUT2D eigenvalue weighted by atomic mass is 10.2. The Kier molecular flexibility index (Phi) is 2.62. The van der Waals surface area contributed by atoms with Crippen LogP contribution >= 0.6 is 15.9 Å². The molecule has 1 amide bonds. The lowest BCUT2D eigenvalue weighted by Gasteiger charge is -1.99. The molecule has 0 aliphatic carbocycles. The lowest BCUT2D eigenvalue weighted by Crippen LogP contribution is -2.13. The van der Waals surface area contributed by atoms with E-state index in [1.165, 1.54) is 6.07 Å². The van der Waals surface area contributed by atoms with Crippen molar-refractivity contribution >= 4 is 27.8 Å². The number of halogens is 1. The van der Waals surface area contributed by atoms with Gasteiger partial charge < -0.3 is 10.8 Å².